The summed E-state index contributed by atoms with van der Waals surface area (Å²) in [5.74, 6) is 0. The van der Waals surface area contributed by atoms with Gasteiger partial charge in [0.25, 0.3) is 0 Å². The van der Waals surface area contributed by atoms with Crippen molar-refractivity contribution in [2.24, 2.45) is 0 Å². The van der Waals surface area contributed by atoms with Crippen molar-refractivity contribution >= 4 is 32.6 Å². The predicted octanol–water partition coefficient (Wildman–Crippen LogP) is 0.947. The molecule has 2 radical (unpaired) electrons. The average molecular weight is 234 g/mol. The molecule has 0 aliphatic carbocycles. The van der Waals surface area contributed by atoms with Crippen LogP contribution in [0.3, 0.4) is 0 Å². The smallest absolute Gasteiger partial charge is 0.111 e. The summed E-state index contributed by atoms with van der Waals surface area (Å²) >= 11 is 5.85. The molecule has 1 heterocycles. The molecule has 0 bridgehead atoms. The maximum atomic E-state index is 9.68. The quantitative estimate of drug-likeness (QED) is 0.448. The third kappa shape index (κ3) is 3.31. The van der Waals surface area contributed by atoms with E-state index >= 15 is 0 Å². The minimum Gasteiger partial charge on any atom is -0.389 e. The van der Waals surface area contributed by atoms with Crippen LogP contribution in [0.5, 0.6) is 0 Å². The fraction of sp³-hybridized carbons (Fsp3) is 0.889. The second-order valence-corrected chi connectivity index (χ2v) is 9.34. The van der Waals surface area contributed by atoms with E-state index in [9.17, 15) is 5.11 Å². The van der Waals surface area contributed by atoms with Gasteiger partial charge >= 0.3 is 0 Å². The summed E-state index contributed by atoms with van der Waals surface area (Å²) in [6, 6.07) is -0.539. The van der Waals surface area contributed by atoms with Gasteiger partial charge in [0, 0.05) is 6.00 Å². The number of aliphatic hydroxyl groups is 1. The van der Waals surface area contributed by atoms with Crippen molar-refractivity contribution in [2.45, 2.75) is 30.0 Å². The first-order valence-corrected chi connectivity index (χ1v) is 8.21. The standard InChI is InChI=1S/C9H17BClO2P/c1-14(2,3)5-4-6-8(12)7(11)9(10)13-6/h6-9,12H,1,4-5H2,2-3H3/t6?,7-,8-,9-/m1/s1. The van der Waals surface area contributed by atoms with Gasteiger partial charge in [-0.05, 0) is 25.9 Å². The summed E-state index contributed by atoms with van der Waals surface area (Å²) in [5, 5.41) is 9.20. The molecule has 1 rings (SSSR count). The molecule has 0 spiro atoms. The zero-order chi connectivity index (χ0) is 10.9. The number of hydrogen-bond acceptors (Lipinski definition) is 2. The molecule has 0 saturated carbocycles. The molecule has 5 heteroatoms. The SMILES string of the molecule is [B][C@@H]1OC(CCP(=C)(C)C)[C@@H](O)[C@H]1Cl. The van der Waals surface area contributed by atoms with Gasteiger partial charge in [0.15, 0.2) is 0 Å². The minimum atomic E-state index is -1.06. The Morgan fingerprint density at radius 3 is 2.50 bits per heavy atom. The normalized spacial score (nSPS) is 38.9. The molecule has 4 atom stereocenters. The van der Waals surface area contributed by atoms with E-state index in [0.29, 0.717) is 0 Å². The van der Waals surface area contributed by atoms with E-state index in [0.717, 1.165) is 12.6 Å². The van der Waals surface area contributed by atoms with Crippen molar-refractivity contribution in [1.29, 1.82) is 0 Å². The Morgan fingerprint density at radius 2 is 2.14 bits per heavy atom. The van der Waals surface area contributed by atoms with E-state index in [-0.39, 0.29) is 6.10 Å². The molecule has 80 valence electrons. The zero-order valence-electron chi connectivity index (χ0n) is 8.69. The van der Waals surface area contributed by atoms with Gasteiger partial charge in [-0.3, -0.25) is 0 Å². The van der Waals surface area contributed by atoms with Gasteiger partial charge in [-0.1, -0.05) is 0 Å². The highest BCUT2D eigenvalue weighted by molar-refractivity contribution is 7.72. The first kappa shape index (κ1) is 12.6. The van der Waals surface area contributed by atoms with Crippen LogP contribution in [0.1, 0.15) is 6.42 Å². The minimum absolute atomic E-state index is 0.214. The second kappa shape index (κ2) is 4.61. The Bertz CT molecular complexity index is 243. The molecule has 0 aromatic heterocycles. The molecule has 1 saturated heterocycles. The predicted molar refractivity (Wildman–Crippen MR) is 65.4 cm³/mol. The molecule has 2 nitrogen and oxygen atoms in total. The van der Waals surface area contributed by atoms with Crippen molar-refractivity contribution in [3.63, 3.8) is 0 Å². The molecule has 0 aromatic rings. The lowest BCUT2D eigenvalue weighted by molar-refractivity contribution is 0.0312. The Balaban J connectivity index is 2.44. The van der Waals surface area contributed by atoms with Crippen LogP contribution in [-0.4, -0.2) is 62.3 Å². The molecule has 0 amide bonds. The molecular weight excluding hydrogens is 217 g/mol. The van der Waals surface area contributed by atoms with E-state index < -0.39 is 24.4 Å². The Labute approximate surface area is 92.4 Å². The summed E-state index contributed by atoms with van der Waals surface area (Å²) in [5.41, 5.74) is 0. The highest BCUT2D eigenvalue weighted by Crippen LogP contribution is 2.38. The van der Waals surface area contributed by atoms with Crippen molar-refractivity contribution < 1.29 is 9.84 Å². The average Bonchev–Trinajstić information content (AvgIpc) is 2.28. The largest absolute Gasteiger partial charge is 0.389 e. The highest BCUT2D eigenvalue weighted by atomic mass is 35.5. The number of alkyl halides is 1. The molecule has 1 aliphatic heterocycles. The lowest BCUT2D eigenvalue weighted by Gasteiger charge is -2.18. The van der Waals surface area contributed by atoms with Crippen LogP contribution in [-0.2, 0) is 4.74 Å². The highest BCUT2D eigenvalue weighted by Gasteiger charge is 2.39. The molecule has 1 aliphatic rings. The third-order valence-corrected chi connectivity index (χ3v) is 4.35. The number of halogens is 1. The maximum absolute atomic E-state index is 9.68. The van der Waals surface area contributed by atoms with Crippen molar-refractivity contribution in [3.8, 4) is 0 Å². The summed E-state index contributed by atoms with van der Waals surface area (Å²) in [6.07, 6.45) is 5.03. The molecule has 1 fully saturated rings. The summed E-state index contributed by atoms with van der Waals surface area (Å²) < 4.78 is 5.37. The van der Waals surface area contributed by atoms with Crippen LogP contribution in [0.4, 0.5) is 0 Å². The first-order chi connectivity index (χ1) is 6.31. The van der Waals surface area contributed by atoms with Gasteiger partial charge in [0.1, 0.15) is 7.85 Å². The van der Waals surface area contributed by atoms with Gasteiger partial charge < -0.3 is 9.84 Å². The molecule has 0 aromatic carbocycles. The van der Waals surface area contributed by atoms with E-state index in [4.69, 9.17) is 24.2 Å². The van der Waals surface area contributed by atoms with Gasteiger partial charge in [-0.15, -0.1) is 24.8 Å². The number of aliphatic hydroxyl groups excluding tert-OH is 1. The number of hydrogen-bond donors (Lipinski definition) is 1. The fourth-order valence-corrected chi connectivity index (χ4v) is 2.65. The zero-order valence-corrected chi connectivity index (χ0v) is 10.3. The number of ether oxygens (including phenoxy) is 1. The maximum Gasteiger partial charge on any atom is 0.111 e. The van der Waals surface area contributed by atoms with Crippen LogP contribution in [0.15, 0.2) is 0 Å². The second-order valence-electron chi connectivity index (χ2n) is 4.52. The lowest BCUT2D eigenvalue weighted by Crippen LogP contribution is -2.28. The van der Waals surface area contributed by atoms with Crippen molar-refractivity contribution in [3.05, 3.63) is 0 Å². The van der Waals surface area contributed by atoms with E-state index in [1.54, 1.807) is 0 Å². The van der Waals surface area contributed by atoms with E-state index in [1.165, 1.54) is 0 Å². The van der Waals surface area contributed by atoms with Crippen LogP contribution in [0, 0.1) is 0 Å². The van der Waals surface area contributed by atoms with Crippen molar-refractivity contribution in [2.75, 3.05) is 19.5 Å². The molecule has 1 unspecified atom stereocenters. The Morgan fingerprint density at radius 1 is 1.57 bits per heavy atom. The van der Waals surface area contributed by atoms with Gasteiger partial charge in [-0.2, -0.15) is 0 Å². The van der Waals surface area contributed by atoms with Crippen LogP contribution in [0.25, 0.3) is 0 Å². The van der Waals surface area contributed by atoms with Crippen LogP contribution >= 0.6 is 18.5 Å². The lowest BCUT2D eigenvalue weighted by atomic mass is 9.95. The summed E-state index contributed by atoms with van der Waals surface area (Å²) in [7, 11) is 5.58. The molecule has 1 N–H and O–H groups in total. The fourth-order valence-electron chi connectivity index (χ4n) is 1.47. The Hall–Kier alpha value is 0.575. The summed E-state index contributed by atoms with van der Waals surface area (Å²) in [4.78, 5) is 0. The van der Waals surface area contributed by atoms with Crippen LogP contribution < -0.4 is 0 Å². The van der Waals surface area contributed by atoms with E-state index in [2.05, 4.69) is 19.6 Å². The number of rotatable bonds is 3. The monoisotopic (exact) mass is 234 g/mol. The van der Waals surface area contributed by atoms with Gasteiger partial charge in [0.2, 0.25) is 0 Å². The van der Waals surface area contributed by atoms with E-state index in [1.807, 2.05) is 0 Å². The molecule has 14 heavy (non-hydrogen) atoms. The van der Waals surface area contributed by atoms with Gasteiger partial charge in [0.05, 0.1) is 17.6 Å². The Kier molecular flexibility index (Phi) is 4.16. The van der Waals surface area contributed by atoms with Gasteiger partial charge in [-0.25, -0.2) is 0 Å². The van der Waals surface area contributed by atoms with Crippen LogP contribution in [0.2, 0.25) is 0 Å². The third-order valence-electron chi connectivity index (χ3n) is 2.37. The van der Waals surface area contributed by atoms with Crippen molar-refractivity contribution in [1.82, 2.24) is 0 Å². The molecular formula is C9H17BClO2P. The summed E-state index contributed by atoms with van der Waals surface area (Å²) in [6.45, 7) is 3.26. The topological polar surface area (TPSA) is 29.5 Å². The first-order valence-electron chi connectivity index (χ1n) is 4.72.